The van der Waals surface area contributed by atoms with E-state index in [2.05, 4.69) is 11.4 Å². The third-order valence-corrected chi connectivity index (χ3v) is 2.28. The van der Waals surface area contributed by atoms with Gasteiger partial charge in [0.1, 0.15) is 0 Å². The molecule has 0 aliphatic heterocycles. The van der Waals surface area contributed by atoms with Gasteiger partial charge in [0.2, 0.25) is 0 Å². The van der Waals surface area contributed by atoms with Crippen LogP contribution in [0.2, 0.25) is 0 Å². The van der Waals surface area contributed by atoms with Crippen molar-refractivity contribution in [1.82, 2.24) is 0 Å². The van der Waals surface area contributed by atoms with Gasteiger partial charge < -0.3 is 10.1 Å². The lowest BCUT2D eigenvalue weighted by Crippen LogP contribution is -2.02. The summed E-state index contributed by atoms with van der Waals surface area (Å²) in [5.74, 6) is -0.0728. The van der Waals surface area contributed by atoms with Crippen LogP contribution >= 0.6 is 0 Å². The lowest BCUT2D eigenvalue weighted by atomic mass is 10.2. The molecule has 1 aromatic carbocycles. The zero-order valence-corrected chi connectivity index (χ0v) is 10.0. The molecule has 3 nitrogen and oxygen atoms in total. The Labute approximate surface area is 101 Å². The Hall–Kier alpha value is -1.76. The highest BCUT2D eigenvalue weighted by Crippen LogP contribution is 2.21. The first-order valence-corrected chi connectivity index (χ1v) is 5.81. The van der Waals surface area contributed by atoms with Crippen LogP contribution in [0.15, 0.2) is 18.2 Å². The van der Waals surface area contributed by atoms with Crippen LogP contribution in [0.1, 0.15) is 26.2 Å². The zero-order chi connectivity index (χ0) is 12.5. The summed E-state index contributed by atoms with van der Waals surface area (Å²) in [4.78, 5) is 0. The van der Waals surface area contributed by atoms with E-state index >= 15 is 0 Å². The van der Waals surface area contributed by atoms with Gasteiger partial charge in [-0.05, 0) is 31.9 Å². The van der Waals surface area contributed by atoms with E-state index < -0.39 is 0 Å². The average molecular weight is 236 g/mol. The molecule has 0 fully saturated rings. The van der Waals surface area contributed by atoms with Gasteiger partial charge in [-0.15, -0.1) is 0 Å². The molecule has 92 valence electrons. The Morgan fingerprint density at radius 3 is 2.88 bits per heavy atom. The first-order chi connectivity index (χ1) is 8.27. The molecule has 0 saturated carbocycles. The lowest BCUT2D eigenvalue weighted by molar-refractivity contribution is 0.321. The van der Waals surface area contributed by atoms with E-state index in [1.54, 1.807) is 12.1 Å². The summed E-state index contributed by atoms with van der Waals surface area (Å²) in [5.41, 5.74) is 0.739. The molecule has 1 aromatic rings. The van der Waals surface area contributed by atoms with Crippen molar-refractivity contribution < 1.29 is 9.13 Å². The van der Waals surface area contributed by atoms with Crippen LogP contribution < -0.4 is 10.1 Å². The summed E-state index contributed by atoms with van der Waals surface area (Å²) in [7, 11) is 0. The number of rotatable bonds is 7. The van der Waals surface area contributed by atoms with E-state index in [0.29, 0.717) is 13.0 Å². The van der Waals surface area contributed by atoms with E-state index in [0.717, 1.165) is 25.1 Å². The van der Waals surface area contributed by atoms with Gasteiger partial charge in [0.05, 0.1) is 12.7 Å². The fourth-order valence-corrected chi connectivity index (χ4v) is 1.45. The number of ether oxygens (including phenoxy) is 1. The van der Waals surface area contributed by atoms with Gasteiger partial charge in [0, 0.05) is 24.7 Å². The van der Waals surface area contributed by atoms with Gasteiger partial charge in [-0.1, -0.05) is 0 Å². The molecular formula is C13H17FN2O. The Bertz CT molecular complexity index is 387. The van der Waals surface area contributed by atoms with Crippen molar-refractivity contribution >= 4 is 5.69 Å². The number of nitriles is 1. The maximum Gasteiger partial charge on any atom is 0.167 e. The fraction of sp³-hybridized carbons (Fsp3) is 0.462. The number of benzene rings is 1. The molecule has 0 heterocycles. The Kier molecular flexibility index (Phi) is 5.87. The smallest absolute Gasteiger partial charge is 0.167 e. The monoisotopic (exact) mass is 236 g/mol. The number of halogens is 1. The van der Waals surface area contributed by atoms with Gasteiger partial charge in [-0.25, -0.2) is 4.39 Å². The molecule has 0 saturated heterocycles. The fourth-order valence-electron chi connectivity index (χ4n) is 1.45. The largest absolute Gasteiger partial charge is 0.491 e. The molecule has 0 aliphatic carbocycles. The minimum absolute atomic E-state index is 0.280. The number of unbranched alkanes of at least 4 members (excludes halogenated alkanes) is 2. The van der Waals surface area contributed by atoms with Crippen molar-refractivity contribution in [3.8, 4) is 11.8 Å². The topological polar surface area (TPSA) is 45.0 Å². The summed E-state index contributed by atoms with van der Waals surface area (Å²) in [6, 6.07) is 6.93. The molecule has 0 unspecified atom stereocenters. The third-order valence-electron chi connectivity index (χ3n) is 2.28. The van der Waals surface area contributed by atoms with Crippen molar-refractivity contribution in [2.24, 2.45) is 0 Å². The highest BCUT2D eigenvalue weighted by atomic mass is 19.1. The second kappa shape index (κ2) is 7.50. The van der Waals surface area contributed by atoms with Crippen LogP contribution in [-0.4, -0.2) is 13.2 Å². The number of anilines is 1. The molecule has 0 atom stereocenters. The second-order valence-corrected chi connectivity index (χ2v) is 3.62. The predicted molar refractivity (Wildman–Crippen MR) is 65.5 cm³/mol. The molecule has 0 aliphatic rings. The summed E-state index contributed by atoms with van der Waals surface area (Å²) in [5, 5.41) is 11.5. The van der Waals surface area contributed by atoms with Gasteiger partial charge in [-0.3, -0.25) is 0 Å². The average Bonchev–Trinajstić information content (AvgIpc) is 2.32. The number of hydrogen-bond donors (Lipinski definition) is 1. The molecular weight excluding hydrogens is 219 g/mol. The van der Waals surface area contributed by atoms with Crippen LogP contribution in [0.3, 0.4) is 0 Å². The molecule has 0 radical (unpaired) electrons. The number of nitrogens with one attached hydrogen (secondary N) is 1. The molecule has 0 bridgehead atoms. The maximum absolute atomic E-state index is 13.5. The van der Waals surface area contributed by atoms with E-state index in [-0.39, 0.29) is 11.6 Å². The molecule has 1 rings (SSSR count). The molecule has 0 amide bonds. The van der Waals surface area contributed by atoms with Gasteiger partial charge in [0.15, 0.2) is 11.6 Å². The summed E-state index contributed by atoms with van der Waals surface area (Å²) in [6.07, 6.45) is 2.34. The van der Waals surface area contributed by atoms with Gasteiger partial charge >= 0.3 is 0 Å². The lowest BCUT2D eigenvalue weighted by Gasteiger charge is -2.08. The highest BCUT2D eigenvalue weighted by Gasteiger charge is 2.03. The van der Waals surface area contributed by atoms with E-state index in [1.807, 2.05) is 6.92 Å². The summed E-state index contributed by atoms with van der Waals surface area (Å²) >= 11 is 0. The van der Waals surface area contributed by atoms with Crippen LogP contribution in [0, 0.1) is 17.1 Å². The Balaban J connectivity index is 2.39. The van der Waals surface area contributed by atoms with Crippen molar-refractivity contribution in [3.05, 3.63) is 24.0 Å². The van der Waals surface area contributed by atoms with Crippen LogP contribution in [-0.2, 0) is 0 Å². The van der Waals surface area contributed by atoms with Crippen LogP contribution in [0.5, 0.6) is 5.75 Å². The van der Waals surface area contributed by atoms with Gasteiger partial charge in [0.25, 0.3) is 0 Å². The minimum atomic E-state index is -0.353. The number of hydrogen-bond acceptors (Lipinski definition) is 3. The maximum atomic E-state index is 13.5. The first-order valence-electron chi connectivity index (χ1n) is 5.81. The second-order valence-electron chi connectivity index (χ2n) is 3.62. The van der Waals surface area contributed by atoms with Crippen LogP contribution in [0.4, 0.5) is 10.1 Å². The number of nitrogens with zero attached hydrogens (tertiary/aromatic N) is 1. The quantitative estimate of drug-likeness (QED) is 0.738. The Morgan fingerprint density at radius 1 is 1.41 bits per heavy atom. The van der Waals surface area contributed by atoms with Crippen molar-refractivity contribution in [1.29, 1.82) is 5.26 Å². The van der Waals surface area contributed by atoms with E-state index in [1.165, 1.54) is 6.07 Å². The predicted octanol–water partition coefficient (Wildman–Crippen LogP) is 3.33. The minimum Gasteiger partial charge on any atom is -0.491 e. The molecule has 17 heavy (non-hydrogen) atoms. The first kappa shape index (κ1) is 13.3. The Morgan fingerprint density at radius 2 is 2.24 bits per heavy atom. The van der Waals surface area contributed by atoms with E-state index in [9.17, 15) is 4.39 Å². The molecule has 4 heteroatoms. The van der Waals surface area contributed by atoms with Crippen LogP contribution in [0.25, 0.3) is 0 Å². The zero-order valence-electron chi connectivity index (χ0n) is 10.0. The standard InChI is InChI=1S/C13H17FN2O/c1-2-17-13-7-6-11(10-12(13)14)16-9-5-3-4-8-15/h6-7,10,16H,2-5,9H2,1H3. The summed E-state index contributed by atoms with van der Waals surface area (Å²) < 4.78 is 18.6. The molecule has 0 aromatic heterocycles. The third kappa shape index (κ3) is 4.73. The SMILES string of the molecule is CCOc1ccc(NCCCCC#N)cc1F. The highest BCUT2D eigenvalue weighted by molar-refractivity contribution is 5.47. The summed E-state index contributed by atoms with van der Waals surface area (Å²) in [6.45, 7) is 3.02. The van der Waals surface area contributed by atoms with Crippen molar-refractivity contribution in [2.75, 3.05) is 18.5 Å². The molecule has 1 N–H and O–H groups in total. The van der Waals surface area contributed by atoms with Crippen molar-refractivity contribution in [3.63, 3.8) is 0 Å². The van der Waals surface area contributed by atoms with Crippen molar-refractivity contribution in [2.45, 2.75) is 26.2 Å². The van der Waals surface area contributed by atoms with Gasteiger partial charge in [-0.2, -0.15) is 5.26 Å². The van der Waals surface area contributed by atoms with E-state index in [4.69, 9.17) is 10.00 Å². The molecule has 0 spiro atoms. The normalized spacial score (nSPS) is 9.71.